The Morgan fingerprint density at radius 2 is 1.68 bits per heavy atom. The second-order valence-electron chi connectivity index (χ2n) is 4.38. The topological polar surface area (TPSA) is 29.3 Å². The molecule has 0 saturated heterocycles. The smallest absolute Gasteiger partial charge is 0.125 e. The molecule has 0 saturated carbocycles. The minimum absolute atomic E-state index is 0.269. The summed E-state index contributed by atoms with van der Waals surface area (Å²) in [5.41, 5.74) is 7.72. The Bertz CT molecular complexity index is 532. The molecule has 2 nitrogen and oxygen atoms in total. The van der Waals surface area contributed by atoms with E-state index in [1.54, 1.807) is 18.2 Å². The van der Waals surface area contributed by atoms with Crippen molar-refractivity contribution >= 4 is 11.4 Å². The zero-order valence-corrected chi connectivity index (χ0v) is 10.7. The van der Waals surface area contributed by atoms with Crippen molar-refractivity contribution in [1.82, 2.24) is 0 Å². The molecule has 4 heteroatoms. The van der Waals surface area contributed by atoms with E-state index in [-0.39, 0.29) is 11.6 Å². The van der Waals surface area contributed by atoms with E-state index < -0.39 is 0 Å². The lowest BCUT2D eigenvalue weighted by Crippen LogP contribution is -2.22. The highest BCUT2D eigenvalue weighted by atomic mass is 19.1. The molecule has 0 unspecified atom stereocenters. The van der Waals surface area contributed by atoms with Crippen molar-refractivity contribution in [2.45, 2.75) is 13.5 Å². The summed E-state index contributed by atoms with van der Waals surface area (Å²) in [7, 11) is 0. The third-order valence-electron chi connectivity index (χ3n) is 2.93. The summed E-state index contributed by atoms with van der Waals surface area (Å²) in [4.78, 5) is 2.02. The van der Waals surface area contributed by atoms with Crippen LogP contribution in [0, 0.1) is 11.6 Å². The molecule has 0 aliphatic heterocycles. The van der Waals surface area contributed by atoms with Gasteiger partial charge in [-0.1, -0.05) is 0 Å². The summed E-state index contributed by atoms with van der Waals surface area (Å²) >= 11 is 0. The van der Waals surface area contributed by atoms with Gasteiger partial charge in [0.2, 0.25) is 0 Å². The molecule has 2 aromatic rings. The van der Waals surface area contributed by atoms with Crippen LogP contribution in [-0.2, 0) is 6.54 Å². The molecule has 0 radical (unpaired) electrons. The van der Waals surface area contributed by atoms with Crippen LogP contribution in [0.2, 0.25) is 0 Å². The molecule has 0 spiro atoms. The van der Waals surface area contributed by atoms with E-state index in [0.29, 0.717) is 12.2 Å². The first-order valence-electron chi connectivity index (χ1n) is 6.14. The quantitative estimate of drug-likeness (QED) is 0.853. The molecule has 2 aromatic carbocycles. The molecule has 100 valence electrons. The molecular formula is C15H16F2N2. The summed E-state index contributed by atoms with van der Waals surface area (Å²) in [6.07, 6.45) is 0. The Hall–Kier alpha value is -2.10. The van der Waals surface area contributed by atoms with Gasteiger partial charge in [0.25, 0.3) is 0 Å². The molecule has 0 aromatic heterocycles. The number of anilines is 2. The van der Waals surface area contributed by atoms with E-state index in [1.165, 1.54) is 24.3 Å². The van der Waals surface area contributed by atoms with Crippen LogP contribution in [-0.4, -0.2) is 6.54 Å². The number of halogens is 2. The fourth-order valence-electron chi connectivity index (χ4n) is 2.02. The van der Waals surface area contributed by atoms with Crippen molar-refractivity contribution in [3.8, 4) is 0 Å². The summed E-state index contributed by atoms with van der Waals surface area (Å²) in [6.45, 7) is 3.26. The number of hydrogen-bond donors (Lipinski definition) is 1. The predicted octanol–water partition coefficient (Wildman–Crippen LogP) is 3.57. The largest absolute Gasteiger partial charge is 0.399 e. The van der Waals surface area contributed by atoms with Crippen LogP contribution in [0.1, 0.15) is 12.5 Å². The molecule has 0 aliphatic carbocycles. The maximum atomic E-state index is 13.3. The van der Waals surface area contributed by atoms with Crippen LogP contribution >= 0.6 is 0 Å². The van der Waals surface area contributed by atoms with Gasteiger partial charge in [0.05, 0.1) is 0 Å². The molecular weight excluding hydrogens is 246 g/mol. The molecule has 0 bridgehead atoms. The van der Waals surface area contributed by atoms with Crippen molar-refractivity contribution in [3.05, 3.63) is 59.7 Å². The van der Waals surface area contributed by atoms with Gasteiger partial charge < -0.3 is 10.6 Å². The SMILES string of the molecule is CCN(Cc1cc(N)cc(F)c1)c1ccc(F)cc1. The first kappa shape index (κ1) is 13.3. The lowest BCUT2D eigenvalue weighted by Gasteiger charge is -2.23. The molecule has 19 heavy (non-hydrogen) atoms. The van der Waals surface area contributed by atoms with Crippen LogP contribution in [0.4, 0.5) is 20.2 Å². The summed E-state index contributed by atoms with van der Waals surface area (Å²) in [5.74, 6) is -0.611. The number of hydrogen-bond acceptors (Lipinski definition) is 2. The van der Waals surface area contributed by atoms with E-state index in [9.17, 15) is 8.78 Å². The number of nitrogens with zero attached hydrogens (tertiary/aromatic N) is 1. The fourth-order valence-corrected chi connectivity index (χ4v) is 2.02. The van der Waals surface area contributed by atoms with Crippen LogP contribution < -0.4 is 10.6 Å². The molecule has 2 rings (SSSR count). The first-order chi connectivity index (χ1) is 9.08. The van der Waals surface area contributed by atoms with E-state index in [1.807, 2.05) is 11.8 Å². The average molecular weight is 262 g/mol. The Kier molecular flexibility index (Phi) is 4.00. The second kappa shape index (κ2) is 5.69. The maximum Gasteiger partial charge on any atom is 0.125 e. The normalized spacial score (nSPS) is 10.5. The number of rotatable bonds is 4. The highest BCUT2D eigenvalue weighted by Gasteiger charge is 2.07. The fraction of sp³-hybridized carbons (Fsp3) is 0.200. The Morgan fingerprint density at radius 1 is 1.00 bits per heavy atom. The van der Waals surface area contributed by atoms with Crippen LogP contribution in [0.3, 0.4) is 0 Å². The van der Waals surface area contributed by atoms with E-state index in [4.69, 9.17) is 5.73 Å². The Balaban J connectivity index is 2.21. The molecule has 0 aliphatic rings. The predicted molar refractivity (Wildman–Crippen MR) is 73.9 cm³/mol. The maximum absolute atomic E-state index is 13.3. The monoisotopic (exact) mass is 262 g/mol. The minimum Gasteiger partial charge on any atom is -0.399 e. The van der Waals surface area contributed by atoms with E-state index in [0.717, 1.165) is 17.8 Å². The third-order valence-corrected chi connectivity index (χ3v) is 2.93. The second-order valence-corrected chi connectivity index (χ2v) is 4.38. The van der Waals surface area contributed by atoms with Gasteiger partial charge in [-0.25, -0.2) is 8.78 Å². The highest BCUT2D eigenvalue weighted by Crippen LogP contribution is 2.19. The number of nitrogens with two attached hydrogens (primary N) is 1. The molecule has 0 atom stereocenters. The zero-order valence-electron chi connectivity index (χ0n) is 10.7. The minimum atomic E-state index is -0.342. The van der Waals surface area contributed by atoms with Gasteiger partial charge in [-0.2, -0.15) is 0 Å². The highest BCUT2D eigenvalue weighted by molar-refractivity contribution is 5.48. The van der Waals surface area contributed by atoms with Gasteiger partial charge >= 0.3 is 0 Å². The average Bonchev–Trinajstić information content (AvgIpc) is 2.36. The van der Waals surface area contributed by atoms with Gasteiger partial charge in [0.15, 0.2) is 0 Å². The third kappa shape index (κ3) is 3.44. The van der Waals surface area contributed by atoms with Gasteiger partial charge in [0, 0.05) is 24.5 Å². The molecule has 0 fully saturated rings. The van der Waals surface area contributed by atoms with Crippen molar-refractivity contribution < 1.29 is 8.78 Å². The lowest BCUT2D eigenvalue weighted by molar-refractivity contribution is 0.625. The summed E-state index contributed by atoms with van der Waals surface area (Å²) in [5, 5.41) is 0. The van der Waals surface area contributed by atoms with Crippen LogP contribution in [0.15, 0.2) is 42.5 Å². The molecule has 2 N–H and O–H groups in total. The van der Waals surface area contributed by atoms with Gasteiger partial charge in [0.1, 0.15) is 11.6 Å². The number of nitrogen functional groups attached to an aromatic ring is 1. The van der Waals surface area contributed by atoms with Crippen molar-refractivity contribution in [2.75, 3.05) is 17.2 Å². The lowest BCUT2D eigenvalue weighted by atomic mass is 10.1. The van der Waals surface area contributed by atoms with Crippen LogP contribution in [0.5, 0.6) is 0 Å². The Morgan fingerprint density at radius 3 is 2.26 bits per heavy atom. The van der Waals surface area contributed by atoms with E-state index in [2.05, 4.69) is 0 Å². The van der Waals surface area contributed by atoms with Gasteiger partial charge in [-0.15, -0.1) is 0 Å². The molecule has 0 heterocycles. The van der Waals surface area contributed by atoms with Crippen molar-refractivity contribution in [2.24, 2.45) is 0 Å². The van der Waals surface area contributed by atoms with Gasteiger partial charge in [-0.05, 0) is 55.0 Å². The summed E-state index contributed by atoms with van der Waals surface area (Å²) in [6, 6.07) is 10.7. The van der Waals surface area contributed by atoms with Crippen LogP contribution in [0.25, 0.3) is 0 Å². The first-order valence-corrected chi connectivity index (χ1v) is 6.14. The van der Waals surface area contributed by atoms with Gasteiger partial charge in [-0.3, -0.25) is 0 Å². The molecule has 0 amide bonds. The van der Waals surface area contributed by atoms with Crippen molar-refractivity contribution in [1.29, 1.82) is 0 Å². The standard InChI is InChI=1S/C15H16F2N2/c1-2-19(15-5-3-12(16)4-6-15)10-11-7-13(17)9-14(18)8-11/h3-9H,2,10,18H2,1H3. The number of benzene rings is 2. The van der Waals surface area contributed by atoms with Crippen molar-refractivity contribution in [3.63, 3.8) is 0 Å². The van der Waals surface area contributed by atoms with E-state index >= 15 is 0 Å². The zero-order chi connectivity index (χ0) is 13.8. The summed E-state index contributed by atoms with van der Waals surface area (Å²) < 4.78 is 26.2. The Labute approximate surface area is 111 Å².